The molecule has 0 bridgehead atoms. The van der Waals surface area contributed by atoms with Crippen LogP contribution in [0.4, 0.5) is 0 Å². The Morgan fingerprint density at radius 3 is 2.94 bits per heavy atom. The average molecular weight is 258 g/mol. The maximum absolute atomic E-state index is 12.0. The van der Waals surface area contributed by atoms with Crippen LogP contribution < -0.4 is 5.73 Å². The van der Waals surface area contributed by atoms with Crippen molar-refractivity contribution in [2.45, 2.75) is 24.9 Å². The van der Waals surface area contributed by atoms with Crippen molar-refractivity contribution in [3.63, 3.8) is 0 Å². The fraction of sp³-hybridized carbons (Fsp3) is 0.636. The van der Waals surface area contributed by atoms with Gasteiger partial charge in [0.25, 0.3) is 0 Å². The number of nitrogens with zero attached hydrogens (tertiary/aromatic N) is 1. The van der Waals surface area contributed by atoms with E-state index >= 15 is 0 Å². The third-order valence-corrected chi connectivity index (χ3v) is 3.75. The van der Waals surface area contributed by atoms with Crippen LogP contribution in [0, 0.1) is 0 Å². The van der Waals surface area contributed by atoms with E-state index in [-0.39, 0.29) is 18.4 Å². The van der Waals surface area contributed by atoms with E-state index in [4.69, 9.17) is 10.8 Å². The molecule has 0 radical (unpaired) electrons. The number of carboxylic acid groups (broad SMARTS) is 1. The number of carboxylic acids is 1. The Labute approximate surface area is 105 Å². The molecule has 17 heavy (non-hydrogen) atoms. The lowest BCUT2D eigenvalue weighted by Gasteiger charge is -2.36. The minimum absolute atomic E-state index is 0.0143. The molecule has 1 fully saturated rings. The highest BCUT2D eigenvalue weighted by atomic mass is 32.2. The summed E-state index contributed by atoms with van der Waals surface area (Å²) in [6.07, 6.45) is 2.01. The second-order valence-electron chi connectivity index (χ2n) is 3.99. The first-order valence-corrected chi connectivity index (χ1v) is 6.68. The number of hydrogen-bond donors (Lipinski definition) is 2. The fourth-order valence-electron chi connectivity index (χ4n) is 1.81. The van der Waals surface area contributed by atoms with E-state index in [1.165, 1.54) is 0 Å². The number of thioether (sulfide) groups is 1. The Morgan fingerprint density at radius 2 is 2.35 bits per heavy atom. The molecule has 1 heterocycles. The fourth-order valence-corrected chi connectivity index (χ4v) is 2.87. The molecule has 5 nitrogen and oxygen atoms in total. The van der Waals surface area contributed by atoms with Gasteiger partial charge >= 0.3 is 5.97 Å². The van der Waals surface area contributed by atoms with Gasteiger partial charge < -0.3 is 15.7 Å². The molecule has 0 aromatic heterocycles. The van der Waals surface area contributed by atoms with E-state index in [9.17, 15) is 9.59 Å². The van der Waals surface area contributed by atoms with Gasteiger partial charge in [0.2, 0.25) is 5.91 Å². The summed E-state index contributed by atoms with van der Waals surface area (Å²) in [7, 11) is 0. The van der Waals surface area contributed by atoms with Gasteiger partial charge in [0.05, 0.1) is 18.5 Å². The standard InChI is InChI=1S/C11H18N2O3S/c1-2-3-9(12)11(16)13-4-5-17-7-8(13)6-10(14)15/h2,8-9H,1,3-7,12H2,(H,14,15). The number of aliphatic carboxylic acids is 1. The van der Waals surface area contributed by atoms with Crippen molar-refractivity contribution in [2.75, 3.05) is 18.1 Å². The molecular formula is C11H18N2O3S. The van der Waals surface area contributed by atoms with Crippen LogP contribution in [-0.2, 0) is 9.59 Å². The van der Waals surface area contributed by atoms with Gasteiger partial charge in [-0.3, -0.25) is 9.59 Å². The largest absolute Gasteiger partial charge is 0.481 e. The number of carbonyl (C=O) groups excluding carboxylic acids is 1. The molecule has 2 atom stereocenters. The van der Waals surface area contributed by atoms with Gasteiger partial charge in [0.1, 0.15) is 0 Å². The molecule has 0 aliphatic carbocycles. The van der Waals surface area contributed by atoms with Crippen molar-refractivity contribution < 1.29 is 14.7 Å². The van der Waals surface area contributed by atoms with Crippen molar-refractivity contribution >= 4 is 23.6 Å². The molecule has 1 aliphatic heterocycles. The van der Waals surface area contributed by atoms with Gasteiger partial charge in [-0.1, -0.05) is 6.08 Å². The minimum Gasteiger partial charge on any atom is -0.481 e. The average Bonchev–Trinajstić information content (AvgIpc) is 2.28. The van der Waals surface area contributed by atoms with E-state index < -0.39 is 12.0 Å². The lowest BCUT2D eigenvalue weighted by atomic mass is 10.1. The number of carbonyl (C=O) groups is 2. The molecule has 0 aromatic rings. The summed E-state index contributed by atoms with van der Waals surface area (Å²) >= 11 is 1.67. The van der Waals surface area contributed by atoms with Crippen LogP contribution in [0.5, 0.6) is 0 Å². The summed E-state index contributed by atoms with van der Waals surface area (Å²) in [5.41, 5.74) is 5.73. The highest BCUT2D eigenvalue weighted by molar-refractivity contribution is 7.99. The minimum atomic E-state index is -0.882. The van der Waals surface area contributed by atoms with Gasteiger partial charge in [0.15, 0.2) is 0 Å². The third-order valence-electron chi connectivity index (χ3n) is 2.66. The molecule has 0 spiro atoms. The van der Waals surface area contributed by atoms with E-state index in [1.54, 1.807) is 22.7 Å². The molecule has 1 saturated heterocycles. The molecule has 96 valence electrons. The Hall–Kier alpha value is -1.01. The van der Waals surface area contributed by atoms with Gasteiger partial charge in [-0.25, -0.2) is 0 Å². The SMILES string of the molecule is C=CCC(N)C(=O)N1CCSCC1CC(=O)O. The summed E-state index contributed by atoms with van der Waals surface area (Å²) in [5, 5.41) is 8.81. The predicted octanol–water partition coefficient (Wildman–Crippen LogP) is 0.309. The normalized spacial score (nSPS) is 21.9. The smallest absolute Gasteiger partial charge is 0.305 e. The van der Waals surface area contributed by atoms with Crippen LogP contribution in [0.15, 0.2) is 12.7 Å². The lowest BCUT2D eigenvalue weighted by Crippen LogP contribution is -2.52. The second kappa shape index (κ2) is 6.66. The second-order valence-corrected chi connectivity index (χ2v) is 5.14. The summed E-state index contributed by atoms with van der Waals surface area (Å²) in [6, 6.07) is -0.846. The van der Waals surface area contributed by atoms with Gasteiger partial charge in [-0.2, -0.15) is 11.8 Å². The van der Waals surface area contributed by atoms with E-state index in [0.717, 1.165) is 5.75 Å². The van der Waals surface area contributed by atoms with Crippen LogP contribution >= 0.6 is 11.8 Å². The zero-order valence-electron chi connectivity index (χ0n) is 9.67. The zero-order valence-corrected chi connectivity index (χ0v) is 10.5. The Bertz CT molecular complexity index is 309. The van der Waals surface area contributed by atoms with E-state index in [0.29, 0.717) is 18.7 Å². The molecular weight excluding hydrogens is 240 g/mol. The first kappa shape index (κ1) is 14.1. The van der Waals surface area contributed by atoms with Crippen LogP contribution in [0.2, 0.25) is 0 Å². The highest BCUT2D eigenvalue weighted by Gasteiger charge is 2.30. The zero-order chi connectivity index (χ0) is 12.8. The summed E-state index contributed by atoms with van der Waals surface area (Å²) in [5.74, 6) is 0.450. The maximum Gasteiger partial charge on any atom is 0.305 e. The van der Waals surface area contributed by atoms with Crippen LogP contribution in [0.3, 0.4) is 0 Å². The van der Waals surface area contributed by atoms with Crippen molar-refractivity contribution in [2.24, 2.45) is 5.73 Å². The number of nitrogens with two attached hydrogens (primary N) is 1. The summed E-state index contributed by atoms with van der Waals surface area (Å²) in [4.78, 5) is 24.4. The third kappa shape index (κ3) is 4.05. The predicted molar refractivity (Wildman–Crippen MR) is 67.9 cm³/mol. The van der Waals surface area contributed by atoms with Crippen LogP contribution in [-0.4, -0.2) is 52.0 Å². The molecule has 1 rings (SSSR count). The lowest BCUT2D eigenvalue weighted by molar-refractivity contribution is -0.140. The van der Waals surface area contributed by atoms with E-state index in [2.05, 4.69) is 6.58 Å². The van der Waals surface area contributed by atoms with Gasteiger partial charge in [-0.15, -0.1) is 6.58 Å². The topological polar surface area (TPSA) is 83.6 Å². The first-order chi connectivity index (χ1) is 8.06. The summed E-state index contributed by atoms with van der Waals surface area (Å²) in [6.45, 7) is 4.12. The number of amides is 1. The molecule has 1 aliphatic rings. The Balaban J connectivity index is 2.66. The van der Waals surface area contributed by atoms with Gasteiger partial charge in [-0.05, 0) is 6.42 Å². The number of rotatable bonds is 5. The van der Waals surface area contributed by atoms with Crippen LogP contribution in [0.25, 0.3) is 0 Å². The van der Waals surface area contributed by atoms with Crippen LogP contribution in [0.1, 0.15) is 12.8 Å². The molecule has 0 saturated carbocycles. The van der Waals surface area contributed by atoms with Gasteiger partial charge in [0, 0.05) is 18.1 Å². The first-order valence-electron chi connectivity index (χ1n) is 5.52. The molecule has 2 unspecified atom stereocenters. The van der Waals surface area contributed by atoms with Crippen molar-refractivity contribution in [3.05, 3.63) is 12.7 Å². The maximum atomic E-state index is 12.0. The quantitative estimate of drug-likeness (QED) is 0.693. The number of hydrogen-bond acceptors (Lipinski definition) is 4. The molecule has 3 N–H and O–H groups in total. The highest BCUT2D eigenvalue weighted by Crippen LogP contribution is 2.20. The van der Waals surface area contributed by atoms with Crippen molar-refractivity contribution in [3.8, 4) is 0 Å². The molecule has 1 amide bonds. The molecule has 6 heteroatoms. The van der Waals surface area contributed by atoms with Crippen molar-refractivity contribution in [1.82, 2.24) is 4.90 Å². The van der Waals surface area contributed by atoms with E-state index in [1.807, 2.05) is 0 Å². The summed E-state index contributed by atoms with van der Waals surface area (Å²) < 4.78 is 0. The Morgan fingerprint density at radius 1 is 1.65 bits per heavy atom. The Kier molecular flexibility index (Phi) is 5.50. The monoisotopic (exact) mass is 258 g/mol. The molecule has 0 aromatic carbocycles. The van der Waals surface area contributed by atoms with Crippen molar-refractivity contribution in [1.29, 1.82) is 0 Å².